The van der Waals surface area contributed by atoms with Gasteiger partial charge in [-0.1, -0.05) is 0 Å². The normalized spacial score (nSPS) is 15.4. The molecule has 0 aliphatic carbocycles. The van der Waals surface area contributed by atoms with Crippen LogP contribution in [0.25, 0.3) is 0 Å². The van der Waals surface area contributed by atoms with Gasteiger partial charge in [0.2, 0.25) is 17.8 Å². The molecule has 2 fully saturated rings. The quantitative estimate of drug-likeness (QED) is 0.313. The lowest BCUT2D eigenvalue weighted by Gasteiger charge is -2.36. The summed E-state index contributed by atoms with van der Waals surface area (Å²) < 4.78 is 53.3. The van der Waals surface area contributed by atoms with E-state index in [0.29, 0.717) is 75.7 Å². The van der Waals surface area contributed by atoms with Crippen molar-refractivity contribution in [1.29, 1.82) is 0 Å². The fourth-order valence-corrected chi connectivity index (χ4v) is 5.55. The number of hydrogen-bond donors (Lipinski definition) is 3. The van der Waals surface area contributed by atoms with Crippen molar-refractivity contribution in [3.05, 3.63) is 48.2 Å². The molecule has 252 valence electrons. The van der Waals surface area contributed by atoms with E-state index in [0.717, 1.165) is 11.4 Å². The molecule has 2 saturated heterocycles. The maximum absolute atomic E-state index is 14.1. The van der Waals surface area contributed by atoms with Crippen molar-refractivity contribution in [3.8, 4) is 11.5 Å². The predicted octanol–water partition coefficient (Wildman–Crippen LogP) is 3.31. The molecule has 2 aliphatic rings. The van der Waals surface area contributed by atoms with Gasteiger partial charge in [0, 0.05) is 89.0 Å². The average Bonchev–Trinajstić information content (AvgIpc) is 3.08. The van der Waals surface area contributed by atoms with Crippen LogP contribution in [0, 0.1) is 0 Å². The molecule has 1 aromatic heterocycles. The summed E-state index contributed by atoms with van der Waals surface area (Å²) in [5, 5.41) is 14.9. The van der Waals surface area contributed by atoms with Gasteiger partial charge in [-0.15, -0.1) is 0 Å². The van der Waals surface area contributed by atoms with Crippen molar-refractivity contribution >= 4 is 46.3 Å². The summed E-state index contributed by atoms with van der Waals surface area (Å²) in [7, 11) is 2.90. The topological polar surface area (TPSA) is 136 Å². The molecule has 2 aliphatic heterocycles. The van der Waals surface area contributed by atoms with Crippen LogP contribution in [0.5, 0.6) is 11.5 Å². The largest absolute Gasteiger partial charge is 0.494 e. The Hall–Kier alpha value is -4.99. The summed E-state index contributed by atoms with van der Waals surface area (Å²) in [6.45, 7) is 5.40. The number of nitrogens with zero attached hydrogens (tertiary/aromatic N) is 6. The van der Waals surface area contributed by atoms with Gasteiger partial charge in [-0.3, -0.25) is 9.59 Å². The number of piperazine rings is 2. The fraction of sp³-hybridized carbons (Fsp3) is 0.419. The molecule has 0 saturated carbocycles. The van der Waals surface area contributed by atoms with Gasteiger partial charge in [0.05, 0.1) is 25.6 Å². The second kappa shape index (κ2) is 14.2. The molecule has 16 heteroatoms. The molecule has 13 nitrogen and oxygen atoms in total. The third-order valence-electron chi connectivity index (χ3n) is 8.19. The summed E-state index contributed by atoms with van der Waals surface area (Å²) in [5.41, 5.74) is 1.29. The summed E-state index contributed by atoms with van der Waals surface area (Å²) in [6, 6.07) is 10.5. The highest BCUT2D eigenvalue weighted by Gasteiger charge is 2.36. The van der Waals surface area contributed by atoms with Crippen LogP contribution in [-0.2, 0) is 15.8 Å². The van der Waals surface area contributed by atoms with Crippen LogP contribution in [0.4, 0.5) is 47.7 Å². The monoisotopic (exact) mass is 658 g/mol. The lowest BCUT2D eigenvalue weighted by Crippen LogP contribution is -2.49. The average molecular weight is 659 g/mol. The number of methoxy groups -OCH3 is 2. The molecule has 0 atom stereocenters. The zero-order valence-electron chi connectivity index (χ0n) is 26.3. The first-order chi connectivity index (χ1) is 22.5. The Balaban J connectivity index is 1.35. The highest BCUT2D eigenvalue weighted by Crippen LogP contribution is 2.39. The van der Waals surface area contributed by atoms with E-state index >= 15 is 0 Å². The van der Waals surface area contributed by atoms with Gasteiger partial charge in [0.1, 0.15) is 29.5 Å². The van der Waals surface area contributed by atoms with E-state index in [9.17, 15) is 22.8 Å². The number of aromatic nitrogens is 2. The minimum Gasteiger partial charge on any atom is -0.494 e. The van der Waals surface area contributed by atoms with Crippen LogP contribution in [0.3, 0.4) is 0 Å². The maximum Gasteiger partial charge on any atom is 0.421 e. The van der Waals surface area contributed by atoms with Crippen LogP contribution >= 0.6 is 0 Å². The first kappa shape index (κ1) is 33.4. The SMILES string of the molecule is COc1cc(N2CCN(C(C)=O)CC2)ccc1Nc1ncc(C(F)(F)F)c(Nc2ccc(N3CCN(C(=O)CO)CC3)cc2OC)n1. The van der Waals surface area contributed by atoms with Gasteiger partial charge in [-0.2, -0.15) is 18.2 Å². The van der Waals surface area contributed by atoms with Crippen molar-refractivity contribution in [2.24, 2.45) is 0 Å². The lowest BCUT2D eigenvalue weighted by molar-refractivity contribution is -0.137. The number of halogens is 3. The first-order valence-electron chi connectivity index (χ1n) is 15.0. The smallest absolute Gasteiger partial charge is 0.421 e. The number of carbonyl (C=O) groups excluding carboxylic acids is 2. The van der Waals surface area contributed by atoms with Gasteiger partial charge in [0.15, 0.2) is 0 Å². The fourth-order valence-electron chi connectivity index (χ4n) is 5.55. The van der Waals surface area contributed by atoms with Gasteiger partial charge < -0.3 is 44.8 Å². The molecule has 2 amide bonds. The number of aliphatic hydroxyl groups is 1. The highest BCUT2D eigenvalue weighted by atomic mass is 19.4. The predicted molar refractivity (Wildman–Crippen MR) is 170 cm³/mol. The van der Waals surface area contributed by atoms with E-state index < -0.39 is 24.2 Å². The van der Waals surface area contributed by atoms with Crippen LogP contribution in [-0.4, -0.2) is 110 Å². The molecule has 2 aromatic carbocycles. The van der Waals surface area contributed by atoms with Crippen LogP contribution < -0.4 is 29.9 Å². The van der Waals surface area contributed by atoms with E-state index in [4.69, 9.17) is 14.6 Å². The summed E-state index contributed by atoms with van der Waals surface area (Å²) in [4.78, 5) is 39.1. The Labute approximate surface area is 269 Å². The van der Waals surface area contributed by atoms with Gasteiger partial charge in [0.25, 0.3) is 0 Å². The molecule has 0 spiro atoms. The molecular formula is C31H37F3N8O5. The molecule has 47 heavy (non-hydrogen) atoms. The van der Waals surface area contributed by atoms with Crippen molar-refractivity contribution < 1.29 is 37.3 Å². The van der Waals surface area contributed by atoms with E-state index in [-0.39, 0.29) is 23.5 Å². The third-order valence-corrected chi connectivity index (χ3v) is 8.19. The molecule has 0 unspecified atom stereocenters. The Kier molecular flexibility index (Phi) is 10.1. The standard InChI is InChI=1S/C31H37F3N8O5/c1-20(44)39-8-10-40(11-9-39)22-5-7-25(27(17-22)47-3)37-30-35-18-23(31(32,33)34)29(38-30)36-24-6-4-21(16-26(24)46-2)41-12-14-42(15-13-41)28(45)19-43/h4-7,16-18,43H,8-15,19H2,1-3H3,(H2,35,36,37,38). The van der Waals surface area contributed by atoms with Crippen LogP contribution in [0.1, 0.15) is 12.5 Å². The highest BCUT2D eigenvalue weighted by molar-refractivity contribution is 5.78. The number of alkyl halides is 3. The summed E-state index contributed by atoms with van der Waals surface area (Å²) in [6.07, 6.45) is -4.04. The van der Waals surface area contributed by atoms with E-state index in [1.807, 2.05) is 17.0 Å². The Morgan fingerprint density at radius 2 is 1.34 bits per heavy atom. The number of amides is 2. The molecule has 3 heterocycles. The van der Waals surface area contributed by atoms with E-state index in [1.54, 1.807) is 41.0 Å². The Bertz CT molecular complexity index is 1590. The minimum absolute atomic E-state index is 0.0341. The molecular weight excluding hydrogens is 621 g/mol. The van der Waals surface area contributed by atoms with Crippen LogP contribution in [0.2, 0.25) is 0 Å². The molecule has 3 aromatic rings. The lowest BCUT2D eigenvalue weighted by atomic mass is 10.2. The number of carbonyl (C=O) groups is 2. The van der Waals surface area contributed by atoms with Crippen molar-refractivity contribution in [1.82, 2.24) is 19.8 Å². The third kappa shape index (κ3) is 7.70. The Morgan fingerprint density at radius 3 is 1.81 bits per heavy atom. The summed E-state index contributed by atoms with van der Waals surface area (Å²) >= 11 is 0. The van der Waals surface area contributed by atoms with E-state index in [1.165, 1.54) is 14.2 Å². The first-order valence-corrected chi connectivity index (χ1v) is 15.0. The second-order valence-electron chi connectivity index (χ2n) is 11.0. The number of nitrogens with one attached hydrogen (secondary N) is 2. The van der Waals surface area contributed by atoms with Crippen molar-refractivity contribution in [2.75, 3.05) is 93.6 Å². The molecule has 0 bridgehead atoms. The van der Waals surface area contributed by atoms with E-state index in [2.05, 4.69) is 25.5 Å². The zero-order chi connectivity index (χ0) is 33.7. The second-order valence-corrected chi connectivity index (χ2v) is 11.0. The zero-order valence-corrected chi connectivity index (χ0v) is 26.3. The van der Waals surface area contributed by atoms with Crippen molar-refractivity contribution in [3.63, 3.8) is 0 Å². The maximum atomic E-state index is 14.1. The number of ether oxygens (including phenoxy) is 2. The van der Waals surface area contributed by atoms with Gasteiger partial charge >= 0.3 is 6.18 Å². The van der Waals surface area contributed by atoms with Crippen LogP contribution in [0.15, 0.2) is 42.6 Å². The minimum atomic E-state index is -4.74. The molecule has 5 rings (SSSR count). The Morgan fingerprint density at radius 1 is 0.830 bits per heavy atom. The number of benzene rings is 2. The number of hydrogen-bond acceptors (Lipinski definition) is 11. The number of anilines is 6. The van der Waals surface area contributed by atoms with Crippen molar-refractivity contribution in [2.45, 2.75) is 13.1 Å². The molecule has 0 radical (unpaired) electrons. The van der Waals surface area contributed by atoms with Gasteiger partial charge in [-0.25, -0.2) is 4.98 Å². The molecule has 3 N–H and O–H groups in total. The van der Waals surface area contributed by atoms with Gasteiger partial charge in [-0.05, 0) is 24.3 Å². The summed E-state index contributed by atoms with van der Waals surface area (Å²) in [5.74, 6) is -0.139. The number of rotatable bonds is 9. The number of aliphatic hydroxyl groups excluding tert-OH is 1.